The molecule has 0 aliphatic heterocycles. The highest BCUT2D eigenvalue weighted by atomic mass is 16.2. The number of amides is 1. The Morgan fingerprint density at radius 1 is 1.50 bits per heavy atom. The molecule has 0 unspecified atom stereocenters. The molecule has 0 bridgehead atoms. The van der Waals surface area contributed by atoms with Crippen LogP contribution in [0.1, 0.15) is 22.3 Å². The van der Waals surface area contributed by atoms with Gasteiger partial charge in [-0.15, -0.1) is 0 Å². The molecule has 0 saturated carbocycles. The Hall–Kier alpha value is -2.88. The van der Waals surface area contributed by atoms with Crippen molar-refractivity contribution in [1.29, 1.82) is 5.26 Å². The van der Waals surface area contributed by atoms with Crippen molar-refractivity contribution >= 4 is 11.7 Å². The van der Waals surface area contributed by atoms with E-state index in [9.17, 15) is 4.79 Å². The van der Waals surface area contributed by atoms with Crippen molar-refractivity contribution in [2.75, 3.05) is 12.3 Å². The molecule has 3 N–H and O–H groups in total. The van der Waals surface area contributed by atoms with Gasteiger partial charge >= 0.3 is 0 Å². The van der Waals surface area contributed by atoms with Crippen LogP contribution in [0.25, 0.3) is 0 Å². The summed E-state index contributed by atoms with van der Waals surface area (Å²) in [6.45, 7) is 0.702. The lowest BCUT2D eigenvalue weighted by molar-refractivity contribution is 0.0748. The van der Waals surface area contributed by atoms with E-state index in [-0.39, 0.29) is 18.1 Å². The van der Waals surface area contributed by atoms with Crippen LogP contribution in [0.2, 0.25) is 0 Å². The standard InChI is InChI=1S/C13H14N6O/c14-4-2-6-19(9-10-3-1-5-16-7-10)13(20)11-8-17-18-12(11)15/h1,3,5,7-8H,2,6,9H2,(H3,15,17,18). The molecule has 2 aromatic heterocycles. The van der Waals surface area contributed by atoms with E-state index in [0.29, 0.717) is 18.7 Å². The Morgan fingerprint density at radius 2 is 2.35 bits per heavy atom. The van der Waals surface area contributed by atoms with E-state index < -0.39 is 0 Å². The second-order valence-electron chi connectivity index (χ2n) is 4.19. The van der Waals surface area contributed by atoms with Crippen LogP contribution in [-0.2, 0) is 6.54 Å². The van der Waals surface area contributed by atoms with Crippen molar-refractivity contribution in [2.45, 2.75) is 13.0 Å². The quantitative estimate of drug-likeness (QED) is 0.839. The first-order valence-electron chi connectivity index (χ1n) is 6.06. The van der Waals surface area contributed by atoms with Crippen LogP contribution in [0.4, 0.5) is 5.82 Å². The fourth-order valence-corrected chi connectivity index (χ4v) is 1.79. The lowest BCUT2D eigenvalue weighted by Gasteiger charge is -2.21. The molecule has 0 spiro atoms. The van der Waals surface area contributed by atoms with E-state index in [1.54, 1.807) is 23.4 Å². The molecule has 20 heavy (non-hydrogen) atoms. The molecule has 0 aliphatic carbocycles. The SMILES string of the molecule is N#CCCN(Cc1cccnc1)C(=O)c1cn[nH]c1N. The number of H-pyrrole nitrogens is 1. The van der Waals surface area contributed by atoms with Gasteiger partial charge in [0.15, 0.2) is 0 Å². The zero-order chi connectivity index (χ0) is 14.4. The molecule has 7 heteroatoms. The highest BCUT2D eigenvalue weighted by Gasteiger charge is 2.19. The molecule has 7 nitrogen and oxygen atoms in total. The fraction of sp³-hybridized carbons (Fsp3) is 0.231. The number of carbonyl (C=O) groups is 1. The van der Waals surface area contributed by atoms with Gasteiger partial charge in [-0.25, -0.2) is 0 Å². The second kappa shape index (κ2) is 6.33. The number of anilines is 1. The zero-order valence-electron chi connectivity index (χ0n) is 10.8. The first kappa shape index (κ1) is 13.5. The zero-order valence-corrected chi connectivity index (χ0v) is 10.8. The average molecular weight is 270 g/mol. The third-order valence-corrected chi connectivity index (χ3v) is 2.78. The minimum Gasteiger partial charge on any atom is -0.383 e. The minimum absolute atomic E-state index is 0.225. The molecule has 0 aliphatic rings. The van der Waals surface area contributed by atoms with Gasteiger partial charge < -0.3 is 10.6 Å². The second-order valence-corrected chi connectivity index (χ2v) is 4.19. The van der Waals surface area contributed by atoms with E-state index >= 15 is 0 Å². The molecule has 0 atom stereocenters. The Balaban J connectivity index is 2.17. The summed E-state index contributed by atoms with van der Waals surface area (Å²) in [6.07, 6.45) is 4.99. The summed E-state index contributed by atoms with van der Waals surface area (Å²) in [5.74, 6) is -0.0292. The van der Waals surface area contributed by atoms with Crippen LogP contribution in [0.15, 0.2) is 30.7 Å². The largest absolute Gasteiger partial charge is 0.383 e. The van der Waals surface area contributed by atoms with Crippen molar-refractivity contribution in [3.63, 3.8) is 0 Å². The Morgan fingerprint density at radius 3 is 2.95 bits per heavy atom. The van der Waals surface area contributed by atoms with Gasteiger partial charge in [-0.2, -0.15) is 10.4 Å². The molecule has 1 amide bonds. The number of nitriles is 1. The first-order valence-corrected chi connectivity index (χ1v) is 6.06. The number of nitrogens with one attached hydrogen (secondary N) is 1. The van der Waals surface area contributed by atoms with Gasteiger partial charge in [-0.3, -0.25) is 14.9 Å². The van der Waals surface area contributed by atoms with E-state index in [1.807, 2.05) is 12.1 Å². The van der Waals surface area contributed by atoms with Gasteiger partial charge in [0.1, 0.15) is 11.4 Å². The number of aromatic nitrogens is 3. The predicted octanol–water partition coefficient (Wildman–Crippen LogP) is 0.943. The predicted molar refractivity (Wildman–Crippen MR) is 72.2 cm³/mol. The molecule has 0 fully saturated rings. The maximum Gasteiger partial charge on any atom is 0.259 e. The molecule has 2 heterocycles. The number of carbonyl (C=O) groups excluding carboxylic acids is 1. The van der Waals surface area contributed by atoms with Crippen LogP contribution in [0, 0.1) is 11.3 Å². The van der Waals surface area contributed by atoms with E-state index in [4.69, 9.17) is 11.0 Å². The van der Waals surface area contributed by atoms with E-state index in [0.717, 1.165) is 5.56 Å². The van der Waals surface area contributed by atoms with Crippen LogP contribution in [0.5, 0.6) is 0 Å². The summed E-state index contributed by atoms with van der Waals surface area (Å²) >= 11 is 0. The molecule has 0 radical (unpaired) electrons. The van der Waals surface area contributed by atoms with Gasteiger partial charge in [0.2, 0.25) is 0 Å². The normalized spacial score (nSPS) is 9.95. The maximum absolute atomic E-state index is 12.4. The minimum atomic E-state index is -0.254. The van der Waals surface area contributed by atoms with Crippen LogP contribution in [0.3, 0.4) is 0 Å². The topological polar surface area (TPSA) is 112 Å². The Bertz CT molecular complexity index is 615. The Kier molecular flexibility index (Phi) is 4.29. The summed E-state index contributed by atoms with van der Waals surface area (Å²) in [7, 11) is 0. The van der Waals surface area contributed by atoms with Crippen molar-refractivity contribution < 1.29 is 4.79 Å². The number of hydrogen-bond donors (Lipinski definition) is 2. The average Bonchev–Trinajstić information content (AvgIpc) is 2.90. The smallest absolute Gasteiger partial charge is 0.259 e. The molecule has 0 saturated heterocycles. The van der Waals surface area contributed by atoms with Gasteiger partial charge in [-0.1, -0.05) is 6.07 Å². The Labute approximate surface area is 116 Å². The number of aromatic amines is 1. The number of nitrogens with two attached hydrogens (primary N) is 1. The van der Waals surface area contributed by atoms with Crippen LogP contribution < -0.4 is 5.73 Å². The highest BCUT2D eigenvalue weighted by Crippen LogP contribution is 2.13. The van der Waals surface area contributed by atoms with Crippen molar-refractivity contribution in [1.82, 2.24) is 20.1 Å². The molecule has 102 valence electrons. The first-order chi connectivity index (χ1) is 9.72. The number of rotatable bonds is 5. The molecular formula is C13H14N6O. The molecule has 0 aromatic carbocycles. The lowest BCUT2D eigenvalue weighted by atomic mass is 10.2. The summed E-state index contributed by atoms with van der Waals surface area (Å²) < 4.78 is 0. The summed E-state index contributed by atoms with van der Waals surface area (Å²) in [4.78, 5) is 18.0. The van der Waals surface area contributed by atoms with E-state index in [1.165, 1.54) is 6.20 Å². The summed E-state index contributed by atoms with van der Waals surface area (Å²) in [6, 6.07) is 5.71. The highest BCUT2D eigenvalue weighted by molar-refractivity contribution is 5.98. The summed E-state index contributed by atoms with van der Waals surface area (Å²) in [5, 5.41) is 15.0. The number of nitrogen functional groups attached to an aromatic ring is 1. The third kappa shape index (κ3) is 3.11. The monoisotopic (exact) mass is 270 g/mol. The molecule has 2 rings (SSSR count). The maximum atomic E-state index is 12.4. The van der Waals surface area contributed by atoms with Gasteiger partial charge in [0, 0.05) is 25.5 Å². The number of hydrogen-bond acceptors (Lipinski definition) is 5. The number of pyridine rings is 1. The third-order valence-electron chi connectivity index (χ3n) is 2.78. The van der Waals surface area contributed by atoms with Crippen molar-refractivity contribution in [2.24, 2.45) is 0 Å². The van der Waals surface area contributed by atoms with Crippen LogP contribution >= 0.6 is 0 Å². The van der Waals surface area contributed by atoms with Gasteiger partial charge in [-0.05, 0) is 11.6 Å². The van der Waals surface area contributed by atoms with E-state index in [2.05, 4.69) is 15.2 Å². The van der Waals surface area contributed by atoms with Crippen molar-refractivity contribution in [3.05, 3.63) is 41.9 Å². The molecular weight excluding hydrogens is 256 g/mol. The van der Waals surface area contributed by atoms with Crippen LogP contribution in [-0.4, -0.2) is 32.5 Å². The van der Waals surface area contributed by atoms with Crippen molar-refractivity contribution in [3.8, 4) is 6.07 Å². The lowest BCUT2D eigenvalue weighted by Crippen LogP contribution is -2.31. The fourth-order valence-electron chi connectivity index (χ4n) is 1.79. The number of nitrogens with zero attached hydrogens (tertiary/aromatic N) is 4. The van der Waals surface area contributed by atoms with Gasteiger partial charge in [0.05, 0.1) is 18.7 Å². The van der Waals surface area contributed by atoms with Gasteiger partial charge in [0.25, 0.3) is 5.91 Å². The summed E-state index contributed by atoms with van der Waals surface area (Å²) in [5.41, 5.74) is 6.86. The molecule has 2 aromatic rings.